The maximum absolute atomic E-state index is 10.2. The van der Waals surface area contributed by atoms with Crippen LogP contribution in [0.3, 0.4) is 0 Å². The third-order valence-electron chi connectivity index (χ3n) is 1.18. The largest absolute Gasteiger partial charge is 0.298 e. The molecular weight excluding hydrogens is 124 g/mol. The highest BCUT2D eigenvalue weighted by atomic mass is 16.1. The van der Waals surface area contributed by atoms with Gasteiger partial charge in [-0.05, 0) is 13.0 Å². The van der Waals surface area contributed by atoms with Crippen LogP contribution in [0.5, 0.6) is 0 Å². The Bertz CT molecular complexity index is 216. The zero-order valence-electron chi connectivity index (χ0n) is 5.29. The van der Waals surface area contributed by atoms with E-state index in [0.717, 1.165) is 17.4 Å². The molecule has 1 aromatic carbocycles. The van der Waals surface area contributed by atoms with E-state index in [9.17, 15) is 4.79 Å². The van der Waals surface area contributed by atoms with Crippen LogP contribution in [-0.2, 0) is 0 Å². The van der Waals surface area contributed by atoms with Gasteiger partial charge in [0.15, 0.2) is 0 Å². The summed E-state index contributed by atoms with van der Waals surface area (Å²) in [5.41, 5.74) is 1.87. The standard InChI is InChI=1S/C8H8O.CH4/c1-7-3-2-4-8(5-7)6-9;/h2-6H,1H3;1H4. The molecule has 0 aliphatic heterocycles. The third-order valence-corrected chi connectivity index (χ3v) is 1.18. The highest BCUT2D eigenvalue weighted by molar-refractivity contribution is 5.74. The van der Waals surface area contributed by atoms with Crippen molar-refractivity contribution in [1.82, 2.24) is 0 Å². The van der Waals surface area contributed by atoms with Gasteiger partial charge >= 0.3 is 0 Å². The van der Waals surface area contributed by atoms with E-state index in [4.69, 9.17) is 0 Å². The van der Waals surface area contributed by atoms with Gasteiger partial charge in [-0.15, -0.1) is 0 Å². The number of benzene rings is 1. The van der Waals surface area contributed by atoms with Gasteiger partial charge in [-0.2, -0.15) is 0 Å². The molecular formula is C9H12O. The van der Waals surface area contributed by atoms with Crippen LogP contribution in [0.1, 0.15) is 23.3 Å². The molecule has 0 N–H and O–H groups in total. The Labute approximate surface area is 61.7 Å². The van der Waals surface area contributed by atoms with Crippen molar-refractivity contribution in [3.63, 3.8) is 0 Å². The van der Waals surface area contributed by atoms with Gasteiger partial charge in [0.2, 0.25) is 0 Å². The quantitative estimate of drug-likeness (QED) is 0.542. The maximum atomic E-state index is 10.2. The molecule has 0 saturated carbocycles. The summed E-state index contributed by atoms with van der Waals surface area (Å²) < 4.78 is 0. The van der Waals surface area contributed by atoms with E-state index < -0.39 is 0 Å². The summed E-state index contributed by atoms with van der Waals surface area (Å²) in [4.78, 5) is 10.2. The molecule has 10 heavy (non-hydrogen) atoms. The van der Waals surface area contributed by atoms with Crippen LogP contribution >= 0.6 is 0 Å². The Morgan fingerprint density at radius 2 is 2.10 bits per heavy atom. The average molecular weight is 136 g/mol. The summed E-state index contributed by atoms with van der Waals surface area (Å²) in [5, 5.41) is 0. The number of carbonyl (C=O) groups is 1. The first-order valence-electron chi connectivity index (χ1n) is 2.85. The lowest BCUT2D eigenvalue weighted by atomic mass is 10.2. The lowest BCUT2D eigenvalue weighted by Crippen LogP contribution is -1.78. The van der Waals surface area contributed by atoms with Gasteiger partial charge in [-0.1, -0.05) is 31.2 Å². The van der Waals surface area contributed by atoms with E-state index in [1.165, 1.54) is 0 Å². The number of hydrogen-bond acceptors (Lipinski definition) is 1. The third kappa shape index (κ3) is 2.02. The summed E-state index contributed by atoms with van der Waals surface area (Å²) in [6, 6.07) is 7.49. The molecule has 0 unspecified atom stereocenters. The SMILES string of the molecule is C.Cc1cccc(C=O)c1. The fourth-order valence-corrected chi connectivity index (χ4v) is 0.743. The number of aldehydes is 1. The minimum atomic E-state index is 0. The van der Waals surface area contributed by atoms with Gasteiger partial charge in [-0.3, -0.25) is 4.79 Å². The second kappa shape index (κ2) is 3.83. The molecule has 0 spiro atoms. The van der Waals surface area contributed by atoms with Gasteiger partial charge in [0.25, 0.3) is 0 Å². The summed E-state index contributed by atoms with van der Waals surface area (Å²) >= 11 is 0. The molecule has 1 nitrogen and oxygen atoms in total. The fourth-order valence-electron chi connectivity index (χ4n) is 0.743. The molecule has 1 rings (SSSR count). The van der Waals surface area contributed by atoms with Gasteiger partial charge in [0.1, 0.15) is 6.29 Å². The Kier molecular flexibility index (Phi) is 3.40. The number of hydrogen-bond donors (Lipinski definition) is 0. The number of aryl methyl sites for hydroxylation is 1. The summed E-state index contributed by atoms with van der Waals surface area (Å²) in [5.74, 6) is 0. The predicted molar refractivity (Wildman–Crippen MR) is 43.3 cm³/mol. The van der Waals surface area contributed by atoms with Crippen molar-refractivity contribution in [3.8, 4) is 0 Å². The Morgan fingerprint density at radius 3 is 2.50 bits per heavy atom. The topological polar surface area (TPSA) is 17.1 Å². The molecule has 0 aromatic heterocycles. The molecule has 0 amide bonds. The highest BCUT2D eigenvalue weighted by Crippen LogP contribution is 1.99. The monoisotopic (exact) mass is 136 g/mol. The molecule has 0 aliphatic rings. The first-order chi connectivity index (χ1) is 4.33. The van der Waals surface area contributed by atoms with E-state index >= 15 is 0 Å². The van der Waals surface area contributed by atoms with Crippen LogP contribution in [0.25, 0.3) is 0 Å². The van der Waals surface area contributed by atoms with Crippen molar-refractivity contribution in [2.75, 3.05) is 0 Å². The first kappa shape index (κ1) is 8.89. The second-order valence-corrected chi connectivity index (χ2v) is 2.03. The Morgan fingerprint density at radius 1 is 1.40 bits per heavy atom. The van der Waals surface area contributed by atoms with E-state index in [1.807, 2.05) is 25.1 Å². The molecule has 54 valence electrons. The van der Waals surface area contributed by atoms with Crippen LogP contribution < -0.4 is 0 Å². The molecule has 0 radical (unpaired) electrons. The average Bonchev–Trinajstić information content (AvgIpc) is 1.88. The summed E-state index contributed by atoms with van der Waals surface area (Å²) in [6.07, 6.45) is 0.854. The highest BCUT2D eigenvalue weighted by Gasteiger charge is 1.86. The van der Waals surface area contributed by atoms with Crippen LogP contribution in [0.4, 0.5) is 0 Å². The van der Waals surface area contributed by atoms with Crippen molar-refractivity contribution in [3.05, 3.63) is 35.4 Å². The minimum absolute atomic E-state index is 0. The van der Waals surface area contributed by atoms with Crippen LogP contribution in [0.2, 0.25) is 0 Å². The zero-order valence-corrected chi connectivity index (χ0v) is 5.29. The molecule has 0 fully saturated rings. The molecule has 0 bridgehead atoms. The molecule has 0 heterocycles. The minimum Gasteiger partial charge on any atom is -0.298 e. The zero-order chi connectivity index (χ0) is 6.69. The van der Waals surface area contributed by atoms with E-state index in [1.54, 1.807) is 6.07 Å². The Hall–Kier alpha value is -1.11. The molecule has 0 atom stereocenters. The van der Waals surface area contributed by atoms with Crippen LogP contribution in [0, 0.1) is 6.92 Å². The number of carbonyl (C=O) groups excluding carboxylic acids is 1. The van der Waals surface area contributed by atoms with E-state index in [-0.39, 0.29) is 7.43 Å². The van der Waals surface area contributed by atoms with Crippen molar-refractivity contribution in [2.24, 2.45) is 0 Å². The molecule has 0 saturated heterocycles. The lowest BCUT2D eigenvalue weighted by Gasteiger charge is -1.89. The van der Waals surface area contributed by atoms with Gasteiger partial charge in [0.05, 0.1) is 0 Å². The lowest BCUT2D eigenvalue weighted by molar-refractivity contribution is 0.112. The normalized spacial score (nSPS) is 8.10. The van der Waals surface area contributed by atoms with Crippen molar-refractivity contribution >= 4 is 6.29 Å². The van der Waals surface area contributed by atoms with Crippen LogP contribution in [0.15, 0.2) is 24.3 Å². The fraction of sp³-hybridized carbons (Fsp3) is 0.222. The van der Waals surface area contributed by atoms with Crippen molar-refractivity contribution in [2.45, 2.75) is 14.4 Å². The summed E-state index contributed by atoms with van der Waals surface area (Å²) in [7, 11) is 0. The molecule has 1 aromatic rings. The van der Waals surface area contributed by atoms with Crippen LogP contribution in [-0.4, -0.2) is 6.29 Å². The Balaban J connectivity index is 0.000000810. The van der Waals surface area contributed by atoms with Gasteiger partial charge in [-0.25, -0.2) is 0 Å². The molecule has 1 heteroatoms. The van der Waals surface area contributed by atoms with E-state index in [0.29, 0.717) is 0 Å². The van der Waals surface area contributed by atoms with E-state index in [2.05, 4.69) is 0 Å². The smallest absolute Gasteiger partial charge is 0.150 e. The van der Waals surface area contributed by atoms with Crippen molar-refractivity contribution < 1.29 is 4.79 Å². The van der Waals surface area contributed by atoms with Gasteiger partial charge in [0, 0.05) is 5.56 Å². The first-order valence-corrected chi connectivity index (χ1v) is 2.85. The predicted octanol–water partition coefficient (Wildman–Crippen LogP) is 2.44. The molecule has 0 aliphatic carbocycles. The van der Waals surface area contributed by atoms with Crippen molar-refractivity contribution in [1.29, 1.82) is 0 Å². The second-order valence-electron chi connectivity index (χ2n) is 2.03. The number of rotatable bonds is 1. The maximum Gasteiger partial charge on any atom is 0.150 e. The summed E-state index contributed by atoms with van der Waals surface area (Å²) in [6.45, 7) is 1.97. The van der Waals surface area contributed by atoms with Gasteiger partial charge < -0.3 is 0 Å².